The predicted octanol–water partition coefficient (Wildman–Crippen LogP) is 5.19. The fourth-order valence-corrected chi connectivity index (χ4v) is 3.51. The second kappa shape index (κ2) is 13.6. The lowest BCUT2D eigenvalue weighted by atomic mass is 10.1. The molecule has 174 valence electrons. The van der Waals surface area contributed by atoms with Crippen molar-refractivity contribution in [3.05, 3.63) is 65.2 Å². The van der Waals surface area contributed by atoms with Crippen molar-refractivity contribution < 1.29 is 14.3 Å². The Morgan fingerprint density at radius 1 is 0.938 bits per heavy atom. The second-order valence-electron chi connectivity index (χ2n) is 8.34. The van der Waals surface area contributed by atoms with E-state index in [0.29, 0.717) is 39.0 Å². The van der Waals surface area contributed by atoms with Crippen LogP contribution in [0.1, 0.15) is 62.6 Å². The van der Waals surface area contributed by atoms with Crippen LogP contribution in [-0.4, -0.2) is 35.9 Å². The molecule has 0 aliphatic heterocycles. The summed E-state index contributed by atoms with van der Waals surface area (Å²) in [5, 5.41) is 3.00. The van der Waals surface area contributed by atoms with Crippen molar-refractivity contribution >= 4 is 11.8 Å². The zero-order chi connectivity index (χ0) is 23.3. The monoisotopic (exact) mass is 438 g/mol. The number of ether oxygens (including phenoxy) is 1. The summed E-state index contributed by atoms with van der Waals surface area (Å²) < 4.78 is 5.77. The molecule has 2 aromatic carbocycles. The summed E-state index contributed by atoms with van der Waals surface area (Å²) >= 11 is 0. The number of carbonyl (C=O) groups excluding carboxylic acids is 2. The molecule has 0 saturated carbocycles. The van der Waals surface area contributed by atoms with Gasteiger partial charge < -0.3 is 15.0 Å². The maximum Gasteiger partial charge on any atom is 0.242 e. The Morgan fingerprint density at radius 2 is 1.56 bits per heavy atom. The predicted molar refractivity (Wildman–Crippen MR) is 130 cm³/mol. The van der Waals surface area contributed by atoms with Gasteiger partial charge in [0.05, 0.1) is 6.61 Å². The van der Waals surface area contributed by atoms with E-state index in [1.807, 2.05) is 69.3 Å². The van der Waals surface area contributed by atoms with E-state index in [4.69, 9.17) is 4.74 Å². The lowest BCUT2D eigenvalue weighted by molar-refractivity contribution is -0.141. The SMILES string of the molecule is CCCCNC(=O)C(CC)N(Cc1ccc(C)cc1)C(=O)CCCOc1ccc(C)cc1. The Balaban J connectivity index is 2.02. The molecule has 5 heteroatoms. The number of amides is 2. The van der Waals surface area contributed by atoms with Crippen molar-refractivity contribution in [2.75, 3.05) is 13.2 Å². The molecule has 2 rings (SSSR count). The largest absolute Gasteiger partial charge is 0.494 e. The number of aryl methyl sites for hydroxylation is 2. The quantitative estimate of drug-likeness (QED) is 0.438. The molecule has 1 N–H and O–H groups in total. The first-order valence-corrected chi connectivity index (χ1v) is 11.8. The zero-order valence-electron chi connectivity index (χ0n) is 20.0. The normalized spacial score (nSPS) is 11.6. The van der Waals surface area contributed by atoms with Crippen molar-refractivity contribution in [2.45, 2.75) is 72.4 Å². The smallest absolute Gasteiger partial charge is 0.242 e. The molecular weight excluding hydrogens is 400 g/mol. The first-order valence-electron chi connectivity index (χ1n) is 11.8. The molecule has 0 aliphatic carbocycles. The lowest BCUT2D eigenvalue weighted by Gasteiger charge is -2.31. The van der Waals surface area contributed by atoms with Crippen molar-refractivity contribution in [2.24, 2.45) is 0 Å². The van der Waals surface area contributed by atoms with Crippen LogP contribution in [0.2, 0.25) is 0 Å². The van der Waals surface area contributed by atoms with E-state index < -0.39 is 6.04 Å². The minimum Gasteiger partial charge on any atom is -0.494 e. The van der Waals surface area contributed by atoms with Crippen LogP contribution in [0.3, 0.4) is 0 Å². The van der Waals surface area contributed by atoms with Gasteiger partial charge in [0.1, 0.15) is 11.8 Å². The molecule has 0 fully saturated rings. The Kier molecular flexibility index (Phi) is 10.8. The number of hydrogen-bond donors (Lipinski definition) is 1. The molecule has 0 radical (unpaired) electrons. The highest BCUT2D eigenvalue weighted by Crippen LogP contribution is 2.16. The summed E-state index contributed by atoms with van der Waals surface area (Å²) in [4.78, 5) is 27.8. The van der Waals surface area contributed by atoms with Gasteiger partial charge in [-0.05, 0) is 50.8 Å². The van der Waals surface area contributed by atoms with E-state index in [9.17, 15) is 9.59 Å². The summed E-state index contributed by atoms with van der Waals surface area (Å²) in [6.45, 7) is 9.66. The summed E-state index contributed by atoms with van der Waals surface area (Å²) in [6.07, 6.45) is 3.48. The van der Waals surface area contributed by atoms with Gasteiger partial charge in [-0.3, -0.25) is 9.59 Å². The van der Waals surface area contributed by atoms with Gasteiger partial charge in [-0.2, -0.15) is 0 Å². The maximum atomic E-state index is 13.2. The van der Waals surface area contributed by atoms with Gasteiger partial charge in [0.15, 0.2) is 0 Å². The van der Waals surface area contributed by atoms with Crippen molar-refractivity contribution in [1.82, 2.24) is 10.2 Å². The molecule has 2 aromatic rings. The molecule has 1 atom stereocenters. The van der Waals surface area contributed by atoms with Crippen LogP contribution in [-0.2, 0) is 16.1 Å². The fraction of sp³-hybridized carbons (Fsp3) is 0.481. The molecule has 0 aromatic heterocycles. The molecule has 0 spiro atoms. The van der Waals surface area contributed by atoms with Gasteiger partial charge in [0.25, 0.3) is 0 Å². The van der Waals surface area contributed by atoms with Crippen LogP contribution in [0.4, 0.5) is 0 Å². The van der Waals surface area contributed by atoms with Crippen molar-refractivity contribution in [1.29, 1.82) is 0 Å². The van der Waals surface area contributed by atoms with Gasteiger partial charge in [0, 0.05) is 19.5 Å². The Hall–Kier alpha value is -2.82. The number of unbranched alkanes of at least 4 members (excludes halogenated alkanes) is 1. The molecule has 5 nitrogen and oxygen atoms in total. The first kappa shape index (κ1) is 25.4. The minimum atomic E-state index is -0.473. The average molecular weight is 439 g/mol. The molecule has 0 aliphatic rings. The summed E-state index contributed by atoms with van der Waals surface area (Å²) in [5.41, 5.74) is 3.38. The van der Waals surface area contributed by atoms with E-state index in [-0.39, 0.29) is 11.8 Å². The maximum absolute atomic E-state index is 13.2. The lowest BCUT2D eigenvalue weighted by Crippen LogP contribution is -2.49. The van der Waals surface area contributed by atoms with Crippen LogP contribution in [0, 0.1) is 13.8 Å². The number of nitrogens with zero attached hydrogens (tertiary/aromatic N) is 1. The van der Waals surface area contributed by atoms with Crippen molar-refractivity contribution in [3.8, 4) is 5.75 Å². The van der Waals surface area contributed by atoms with E-state index in [1.165, 1.54) is 11.1 Å². The third kappa shape index (κ3) is 8.37. The van der Waals surface area contributed by atoms with Gasteiger partial charge in [-0.1, -0.05) is 67.8 Å². The standard InChI is InChI=1S/C27H38N2O3/c1-5-7-18-28-27(31)25(6-2)29(20-23-14-10-21(3)11-15-23)26(30)9-8-19-32-24-16-12-22(4)13-17-24/h10-17,25H,5-9,18-20H2,1-4H3,(H,28,31). The highest BCUT2D eigenvalue weighted by Gasteiger charge is 2.28. The number of rotatable bonds is 13. The van der Waals surface area contributed by atoms with Crippen LogP contribution in [0.5, 0.6) is 5.75 Å². The Bertz CT molecular complexity index is 831. The number of nitrogens with one attached hydrogen (secondary N) is 1. The molecule has 0 saturated heterocycles. The molecule has 0 bridgehead atoms. The third-order valence-electron chi connectivity index (χ3n) is 5.51. The zero-order valence-corrected chi connectivity index (χ0v) is 20.0. The fourth-order valence-electron chi connectivity index (χ4n) is 3.51. The van der Waals surface area contributed by atoms with Gasteiger partial charge in [0.2, 0.25) is 11.8 Å². The average Bonchev–Trinajstić information content (AvgIpc) is 2.79. The molecular formula is C27H38N2O3. The minimum absolute atomic E-state index is 0.0180. The molecule has 1 unspecified atom stereocenters. The van der Waals surface area contributed by atoms with E-state index in [0.717, 1.165) is 24.2 Å². The van der Waals surface area contributed by atoms with Crippen LogP contribution < -0.4 is 10.1 Å². The molecule has 2 amide bonds. The van der Waals surface area contributed by atoms with Gasteiger partial charge >= 0.3 is 0 Å². The molecule has 0 heterocycles. The van der Waals surface area contributed by atoms with E-state index in [2.05, 4.69) is 12.2 Å². The number of benzene rings is 2. The number of hydrogen-bond acceptors (Lipinski definition) is 3. The van der Waals surface area contributed by atoms with Gasteiger partial charge in [-0.15, -0.1) is 0 Å². The molecule has 32 heavy (non-hydrogen) atoms. The first-order chi connectivity index (χ1) is 15.4. The van der Waals surface area contributed by atoms with Crippen LogP contribution in [0.15, 0.2) is 48.5 Å². The van der Waals surface area contributed by atoms with Crippen LogP contribution >= 0.6 is 0 Å². The third-order valence-corrected chi connectivity index (χ3v) is 5.51. The van der Waals surface area contributed by atoms with Crippen molar-refractivity contribution in [3.63, 3.8) is 0 Å². The van der Waals surface area contributed by atoms with E-state index >= 15 is 0 Å². The summed E-state index contributed by atoms with van der Waals surface area (Å²) in [6, 6.07) is 15.5. The Labute approximate surface area is 193 Å². The van der Waals surface area contributed by atoms with Gasteiger partial charge in [-0.25, -0.2) is 0 Å². The topological polar surface area (TPSA) is 58.6 Å². The summed E-state index contributed by atoms with van der Waals surface area (Å²) in [5.74, 6) is 0.717. The second-order valence-corrected chi connectivity index (χ2v) is 8.34. The highest BCUT2D eigenvalue weighted by molar-refractivity contribution is 5.87. The number of carbonyl (C=O) groups is 2. The van der Waals surface area contributed by atoms with Crippen LogP contribution in [0.25, 0.3) is 0 Å². The highest BCUT2D eigenvalue weighted by atomic mass is 16.5. The Morgan fingerprint density at radius 3 is 2.16 bits per heavy atom. The van der Waals surface area contributed by atoms with E-state index in [1.54, 1.807) is 4.90 Å². The summed E-state index contributed by atoms with van der Waals surface area (Å²) in [7, 11) is 0.